The molecule has 0 bridgehead atoms. The van der Waals surface area contributed by atoms with E-state index >= 15 is 0 Å². The molecule has 8 heteroatoms. The molecule has 0 aliphatic rings. The summed E-state index contributed by atoms with van der Waals surface area (Å²) in [5, 5.41) is 14.9. The number of benzene rings is 2. The van der Waals surface area contributed by atoms with Crippen LogP contribution < -0.4 is 5.43 Å². The summed E-state index contributed by atoms with van der Waals surface area (Å²) in [7, 11) is 0. The first-order valence-corrected chi connectivity index (χ1v) is 7.78. The highest BCUT2D eigenvalue weighted by Crippen LogP contribution is 2.12. The highest BCUT2D eigenvalue weighted by molar-refractivity contribution is 6.03. The van der Waals surface area contributed by atoms with Crippen LogP contribution in [0.1, 0.15) is 21.7 Å². The van der Waals surface area contributed by atoms with E-state index in [1.54, 1.807) is 12.4 Å². The zero-order valence-electron chi connectivity index (χ0n) is 13.6. The molecule has 0 aliphatic carbocycles. The Morgan fingerprint density at radius 1 is 1.12 bits per heavy atom. The Morgan fingerprint density at radius 3 is 2.46 bits per heavy atom. The molecule has 0 spiro atoms. The van der Waals surface area contributed by atoms with E-state index in [1.165, 1.54) is 24.3 Å². The van der Waals surface area contributed by atoms with Gasteiger partial charge in [0.05, 0.1) is 17.1 Å². The van der Waals surface area contributed by atoms with Crippen molar-refractivity contribution in [2.45, 2.75) is 6.42 Å². The summed E-state index contributed by atoms with van der Waals surface area (Å²) in [6.07, 6.45) is 3.78. The van der Waals surface area contributed by atoms with Crippen LogP contribution in [0, 0.1) is 10.1 Å². The van der Waals surface area contributed by atoms with E-state index in [0.29, 0.717) is 12.1 Å². The molecule has 0 atom stereocenters. The van der Waals surface area contributed by atoms with E-state index < -0.39 is 10.8 Å². The number of hydrogen-bond acceptors (Lipinski definition) is 5. The number of carbonyl (C=O) groups excluding carboxylic acids is 1. The number of nitro groups is 1. The first-order chi connectivity index (χ1) is 12.6. The van der Waals surface area contributed by atoms with E-state index in [0.717, 1.165) is 11.4 Å². The maximum Gasteiger partial charge on any atom is 0.271 e. The number of non-ortho nitro benzene ring substituents is 1. The van der Waals surface area contributed by atoms with Crippen LogP contribution in [-0.2, 0) is 6.42 Å². The summed E-state index contributed by atoms with van der Waals surface area (Å²) >= 11 is 0. The summed E-state index contributed by atoms with van der Waals surface area (Å²) < 4.78 is 0. The van der Waals surface area contributed by atoms with Crippen molar-refractivity contribution in [3.05, 3.63) is 94.1 Å². The molecule has 1 heterocycles. The zero-order chi connectivity index (χ0) is 18.4. The molecule has 0 fully saturated rings. The number of rotatable bonds is 6. The number of nitro benzene ring substituents is 1. The molecule has 1 aromatic heterocycles. The first-order valence-electron chi connectivity index (χ1n) is 7.78. The van der Waals surface area contributed by atoms with Crippen molar-refractivity contribution in [1.29, 1.82) is 0 Å². The Morgan fingerprint density at radius 2 is 1.85 bits per heavy atom. The highest BCUT2D eigenvalue weighted by atomic mass is 16.6. The van der Waals surface area contributed by atoms with Gasteiger partial charge in [0.2, 0.25) is 0 Å². The highest BCUT2D eigenvalue weighted by Gasteiger charge is 2.11. The van der Waals surface area contributed by atoms with Gasteiger partial charge < -0.3 is 4.98 Å². The third-order valence-electron chi connectivity index (χ3n) is 3.63. The Labute approximate surface area is 148 Å². The van der Waals surface area contributed by atoms with Gasteiger partial charge >= 0.3 is 0 Å². The predicted octanol–water partition coefficient (Wildman–Crippen LogP) is 2.69. The molecular weight excluding hydrogens is 334 g/mol. The van der Waals surface area contributed by atoms with E-state index in [1.807, 2.05) is 30.3 Å². The molecule has 2 aromatic carbocycles. The van der Waals surface area contributed by atoms with Gasteiger partial charge in [0.1, 0.15) is 5.82 Å². The van der Waals surface area contributed by atoms with E-state index in [4.69, 9.17) is 0 Å². The van der Waals surface area contributed by atoms with Gasteiger partial charge in [-0.25, -0.2) is 10.4 Å². The molecule has 0 unspecified atom stereocenters. The number of nitrogens with one attached hydrogen (secondary N) is 2. The average Bonchev–Trinajstić information content (AvgIpc) is 3.19. The molecule has 2 N–H and O–H groups in total. The predicted molar refractivity (Wildman–Crippen MR) is 95.8 cm³/mol. The maximum absolute atomic E-state index is 12.3. The molecule has 130 valence electrons. The van der Waals surface area contributed by atoms with Crippen LogP contribution in [0.3, 0.4) is 0 Å². The molecule has 3 rings (SSSR count). The maximum atomic E-state index is 12.3. The number of aromatic amines is 1. The number of H-pyrrole nitrogens is 1. The molecule has 0 saturated carbocycles. The fourth-order valence-electron chi connectivity index (χ4n) is 2.31. The van der Waals surface area contributed by atoms with Crippen LogP contribution in [0.15, 0.2) is 72.1 Å². The topological polar surface area (TPSA) is 113 Å². The number of nitrogens with zero attached hydrogens (tertiary/aromatic N) is 3. The summed E-state index contributed by atoms with van der Waals surface area (Å²) in [5.41, 5.74) is 4.19. The molecule has 0 aliphatic heterocycles. The van der Waals surface area contributed by atoms with Gasteiger partial charge in [-0.2, -0.15) is 5.10 Å². The molecule has 3 aromatic rings. The number of hydrazone groups is 1. The van der Waals surface area contributed by atoms with Crippen molar-refractivity contribution in [3.63, 3.8) is 0 Å². The number of carbonyl (C=O) groups is 1. The number of imidazole rings is 1. The second-order valence-electron chi connectivity index (χ2n) is 5.38. The lowest BCUT2D eigenvalue weighted by molar-refractivity contribution is -0.384. The second-order valence-corrected chi connectivity index (χ2v) is 5.38. The normalized spacial score (nSPS) is 11.2. The molecular formula is C18H15N5O3. The summed E-state index contributed by atoms with van der Waals surface area (Å²) in [4.78, 5) is 29.6. The van der Waals surface area contributed by atoms with Gasteiger partial charge in [-0.15, -0.1) is 0 Å². The van der Waals surface area contributed by atoms with Crippen LogP contribution in [-0.4, -0.2) is 26.5 Å². The first kappa shape index (κ1) is 17.0. The fourth-order valence-corrected chi connectivity index (χ4v) is 2.31. The Hall–Kier alpha value is -3.81. The summed E-state index contributed by atoms with van der Waals surface area (Å²) in [6, 6.07) is 14.8. The zero-order valence-corrected chi connectivity index (χ0v) is 13.6. The quantitative estimate of drug-likeness (QED) is 0.404. The lowest BCUT2D eigenvalue weighted by Gasteiger charge is -2.06. The Bertz CT molecular complexity index is 919. The standard InChI is InChI=1S/C18H15N5O3/c24-18(14-6-8-15(9-7-14)23(25)26)22-21-16(12-17-19-10-11-20-17)13-4-2-1-3-5-13/h1-11H,12H2,(H,19,20)(H,22,24)/b21-16+. The van der Waals surface area contributed by atoms with E-state index in [-0.39, 0.29) is 11.3 Å². The van der Waals surface area contributed by atoms with Gasteiger partial charge in [0.25, 0.3) is 11.6 Å². The third kappa shape index (κ3) is 4.18. The third-order valence-corrected chi connectivity index (χ3v) is 3.63. The summed E-state index contributed by atoms with van der Waals surface area (Å²) in [5.74, 6) is 0.268. The molecule has 0 radical (unpaired) electrons. The lowest BCUT2D eigenvalue weighted by Crippen LogP contribution is -2.21. The van der Waals surface area contributed by atoms with Gasteiger partial charge in [0, 0.05) is 30.1 Å². The minimum absolute atomic E-state index is 0.0761. The smallest absolute Gasteiger partial charge is 0.271 e. The number of hydrogen-bond donors (Lipinski definition) is 2. The van der Waals surface area contributed by atoms with Gasteiger partial charge in [-0.05, 0) is 17.7 Å². The van der Waals surface area contributed by atoms with Crippen molar-refractivity contribution in [1.82, 2.24) is 15.4 Å². The van der Waals surface area contributed by atoms with Crippen LogP contribution in [0.25, 0.3) is 0 Å². The van der Waals surface area contributed by atoms with Crippen LogP contribution in [0.4, 0.5) is 5.69 Å². The lowest BCUT2D eigenvalue weighted by atomic mass is 10.1. The van der Waals surface area contributed by atoms with Gasteiger partial charge in [-0.3, -0.25) is 14.9 Å². The van der Waals surface area contributed by atoms with Crippen LogP contribution in [0.5, 0.6) is 0 Å². The monoisotopic (exact) mass is 349 g/mol. The van der Waals surface area contributed by atoms with Crippen molar-refractivity contribution < 1.29 is 9.72 Å². The fraction of sp³-hybridized carbons (Fsp3) is 0.0556. The molecule has 26 heavy (non-hydrogen) atoms. The van der Waals surface area contributed by atoms with Crippen molar-refractivity contribution in [2.75, 3.05) is 0 Å². The van der Waals surface area contributed by atoms with Crippen molar-refractivity contribution in [2.24, 2.45) is 5.10 Å². The summed E-state index contributed by atoms with van der Waals surface area (Å²) in [6.45, 7) is 0. The average molecular weight is 349 g/mol. The molecule has 0 saturated heterocycles. The second kappa shape index (κ2) is 7.84. The SMILES string of the molecule is O=C(N/N=C(\Cc1ncc[nH]1)c1ccccc1)c1ccc([N+](=O)[O-])cc1. The van der Waals surface area contributed by atoms with Crippen molar-refractivity contribution in [3.8, 4) is 0 Å². The Kier molecular flexibility index (Phi) is 5.14. The van der Waals surface area contributed by atoms with Gasteiger partial charge in [0.15, 0.2) is 0 Å². The van der Waals surface area contributed by atoms with Crippen LogP contribution >= 0.6 is 0 Å². The van der Waals surface area contributed by atoms with Crippen molar-refractivity contribution >= 4 is 17.3 Å². The van der Waals surface area contributed by atoms with E-state index in [2.05, 4.69) is 20.5 Å². The molecule has 8 nitrogen and oxygen atoms in total. The van der Waals surface area contributed by atoms with E-state index in [9.17, 15) is 14.9 Å². The minimum atomic E-state index is -0.517. The Balaban J connectivity index is 1.79. The largest absolute Gasteiger partial charge is 0.348 e. The molecule has 1 amide bonds. The minimum Gasteiger partial charge on any atom is -0.348 e. The van der Waals surface area contributed by atoms with Crippen LogP contribution in [0.2, 0.25) is 0 Å². The number of amides is 1. The number of aromatic nitrogens is 2. The van der Waals surface area contributed by atoms with Gasteiger partial charge in [-0.1, -0.05) is 30.3 Å².